The van der Waals surface area contributed by atoms with Crippen molar-refractivity contribution in [3.63, 3.8) is 0 Å². The van der Waals surface area contributed by atoms with Crippen LogP contribution >= 0.6 is 15.9 Å². The summed E-state index contributed by atoms with van der Waals surface area (Å²) in [5, 5.41) is 5.62. The Hall–Kier alpha value is -1.93. The van der Waals surface area contributed by atoms with Gasteiger partial charge in [0, 0.05) is 50.2 Å². The molecule has 154 valence electrons. The number of rotatable bonds is 9. The molecule has 0 radical (unpaired) electrons. The van der Waals surface area contributed by atoms with Gasteiger partial charge in [-0.2, -0.15) is 0 Å². The second-order valence-corrected chi connectivity index (χ2v) is 8.06. The van der Waals surface area contributed by atoms with Gasteiger partial charge in [0.05, 0.1) is 6.04 Å². The number of benzene rings is 1. The number of hydrogen-bond acceptors (Lipinski definition) is 4. The fourth-order valence-corrected chi connectivity index (χ4v) is 3.53. The Morgan fingerprint density at radius 1 is 1.14 bits per heavy atom. The zero-order valence-electron chi connectivity index (χ0n) is 16.5. The van der Waals surface area contributed by atoms with Gasteiger partial charge in [-0.05, 0) is 50.1 Å². The summed E-state index contributed by atoms with van der Waals surface area (Å²) in [6, 6.07) is 7.04. The molecule has 1 aromatic carbocycles. The van der Waals surface area contributed by atoms with Crippen molar-refractivity contribution in [3.05, 3.63) is 34.3 Å². The average Bonchev–Trinajstić information content (AvgIpc) is 3.13. The smallest absolute Gasteiger partial charge is 0.251 e. The van der Waals surface area contributed by atoms with Crippen LogP contribution in [0.25, 0.3) is 0 Å². The highest BCUT2D eigenvalue weighted by atomic mass is 79.9. The van der Waals surface area contributed by atoms with Gasteiger partial charge in [-0.1, -0.05) is 15.9 Å². The van der Waals surface area contributed by atoms with Gasteiger partial charge in [-0.15, -0.1) is 0 Å². The number of hydrogen-bond donors (Lipinski definition) is 2. The highest BCUT2D eigenvalue weighted by molar-refractivity contribution is 9.10. The molecule has 1 fully saturated rings. The quantitative estimate of drug-likeness (QED) is 0.557. The van der Waals surface area contributed by atoms with Crippen molar-refractivity contribution < 1.29 is 14.4 Å². The number of nitrogens with one attached hydrogen (secondary N) is 2. The number of halogens is 1. The molecule has 0 spiro atoms. The minimum Gasteiger partial charge on any atom is -0.356 e. The molecule has 3 amide bonds. The summed E-state index contributed by atoms with van der Waals surface area (Å²) < 4.78 is 0.912. The van der Waals surface area contributed by atoms with Crippen molar-refractivity contribution in [2.45, 2.75) is 31.7 Å². The van der Waals surface area contributed by atoms with Gasteiger partial charge in [0.1, 0.15) is 0 Å². The Bertz CT molecular complexity index is 679. The van der Waals surface area contributed by atoms with Crippen molar-refractivity contribution >= 4 is 33.7 Å². The largest absolute Gasteiger partial charge is 0.356 e. The molecule has 1 heterocycles. The van der Waals surface area contributed by atoms with E-state index in [0.717, 1.165) is 36.8 Å². The standard InChI is InChI=1S/C20H29BrN4O3/c1-24(2)20(28)17-5-3-13-25(17)14-4-11-22-18(26)10-12-23-19(27)15-6-8-16(21)9-7-15/h6-9,17H,3-5,10-14H2,1-2H3,(H,22,26)(H,23,27)/t17-/m0/s1. The van der Waals surface area contributed by atoms with E-state index in [1.54, 1.807) is 43.3 Å². The van der Waals surface area contributed by atoms with Crippen LogP contribution in [0.2, 0.25) is 0 Å². The Balaban J connectivity index is 1.59. The van der Waals surface area contributed by atoms with Gasteiger partial charge >= 0.3 is 0 Å². The molecule has 7 nitrogen and oxygen atoms in total. The van der Waals surface area contributed by atoms with E-state index < -0.39 is 0 Å². The van der Waals surface area contributed by atoms with E-state index in [-0.39, 0.29) is 30.2 Å². The van der Waals surface area contributed by atoms with Gasteiger partial charge in [-0.25, -0.2) is 0 Å². The average molecular weight is 453 g/mol. The first-order valence-electron chi connectivity index (χ1n) is 9.64. The maximum atomic E-state index is 12.2. The van der Waals surface area contributed by atoms with Crippen molar-refractivity contribution in [1.29, 1.82) is 0 Å². The van der Waals surface area contributed by atoms with Crippen molar-refractivity contribution in [2.24, 2.45) is 0 Å². The van der Waals surface area contributed by atoms with Gasteiger partial charge in [0.2, 0.25) is 11.8 Å². The molecule has 8 heteroatoms. The van der Waals surface area contributed by atoms with E-state index in [9.17, 15) is 14.4 Å². The third-order valence-corrected chi connectivity index (χ3v) is 5.31. The molecule has 0 unspecified atom stereocenters. The topological polar surface area (TPSA) is 81.8 Å². The van der Waals surface area contributed by atoms with Crippen LogP contribution in [0.1, 0.15) is 36.0 Å². The summed E-state index contributed by atoms with van der Waals surface area (Å²) in [5.74, 6) is -0.118. The van der Waals surface area contributed by atoms with Crippen LogP contribution in [-0.2, 0) is 9.59 Å². The summed E-state index contributed by atoms with van der Waals surface area (Å²) >= 11 is 3.33. The van der Waals surface area contributed by atoms with E-state index >= 15 is 0 Å². The first-order chi connectivity index (χ1) is 13.4. The van der Waals surface area contributed by atoms with Crippen LogP contribution < -0.4 is 10.6 Å². The molecule has 2 rings (SSSR count). The second kappa shape index (κ2) is 11.2. The number of carbonyl (C=O) groups excluding carboxylic acids is 3. The van der Waals surface area contributed by atoms with Crippen LogP contribution in [0, 0.1) is 0 Å². The lowest BCUT2D eigenvalue weighted by molar-refractivity contribution is -0.133. The minimum absolute atomic E-state index is 0.0282. The van der Waals surface area contributed by atoms with E-state index in [0.29, 0.717) is 18.7 Å². The first kappa shape index (κ1) is 22.4. The molecule has 1 aromatic rings. The predicted molar refractivity (Wildman–Crippen MR) is 112 cm³/mol. The van der Waals surface area contributed by atoms with Gasteiger partial charge in [0.25, 0.3) is 5.91 Å². The van der Waals surface area contributed by atoms with Crippen molar-refractivity contribution in [3.8, 4) is 0 Å². The van der Waals surface area contributed by atoms with Crippen LogP contribution in [0.15, 0.2) is 28.7 Å². The number of nitrogens with zero attached hydrogens (tertiary/aromatic N) is 2. The lowest BCUT2D eigenvalue weighted by Crippen LogP contribution is -2.43. The van der Waals surface area contributed by atoms with Crippen LogP contribution in [0.3, 0.4) is 0 Å². The van der Waals surface area contributed by atoms with E-state index in [1.807, 2.05) is 0 Å². The van der Waals surface area contributed by atoms with Crippen molar-refractivity contribution in [1.82, 2.24) is 20.4 Å². The highest BCUT2D eigenvalue weighted by Gasteiger charge is 2.30. The third kappa shape index (κ3) is 6.91. The Morgan fingerprint density at radius 2 is 1.86 bits per heavy atom. The fraction of sp³-hybridized carbons (Fsp3) is 0.550. The molecule has 0 aliphatic carbocycles. The first-order valence-corrected chi connectivity index (χ1v) is 10.4. The van der Waals surface area contributed by atoms with Gasteiger partial charge in [0.15, 0.2) is 0 Å². The lowest BCUT2D eigenvalue weighted by atomic mass is 10.2. The summed E-state index contributed by atoms with van der Waals surface area (Å²) in [5.41, 5.74) is 0.566. The van der Waals surface area contributed by atoms with E-state index in [1.165, 1.54) is 0 Å². The summed E-state index contributed by atoms with van der Waals surface area (Å²) in [6.45, 7) is 2.59. The Kier molecular flexibility index (Phi) is 8.92. The maximum Gasteiger partial charge on any atom is 0.251 e. The molecule has 0 saturated carbocycles. The minimum atomic E-state index is -0.189. The van der Waals surface area contributed by atoms with Gasteiger partial charge < -0.3 is 15.5 Å². The van der Waals surface area contributed by atoms with E-state index in [4.69, 9.17) is 0 Å². The second-order valence-electron chi connectivity index (χ2n) is 7.14. The molecular weight excluding hydrogens is 424 g/mol. The highest BCUT2D eigenvalue weighted by Crippen LogP contribution is 2.18. The molecule has 1 saturated heterocycles. The number of likely N-dealkylation sites (N-methyl/N-ethyl adjacent to an activating group) is 1. The Labute approximate surface area is 175 Å². The maximum absolute atomic E-state index is 12.2. The summed E-state index contributed by atoms with van der Waals surface area (Å²) in [4.78, 5) is 39.9. The number of likely N-dealkylation sites (tertiary alicyclic amines) is 1. The zero-order valence-corrected chi connectivity index (χ0v) is 18.1. The van der Waals surface area contributed by atoms with Crippen LogP contribution in [0.4, 0.5) is 0 Å². The Morgan fingerprint density at radius 3 is 2.54 bits per heavy atom. The summed E-state index contributed by atoms with van der Waals surface area (Å²) in [7, 11) is 3.57. The fourth-order valence-electron chi connectivity index (χ4n) is 3.26. The van der Waals surface area contributed by atoms with Gasteiger partial charge in [-0.3, -0.25) is 19.3 Å². The SMILES string of the molecule is CN(C)C(=O)[C@@H]1CCCN1CCCNC(=O)CCNC(=O)c1ccc(Br)cc1. The number of carbonyl (C=O) groups is 3. The van der Waals surface area contributed by atoms with E-state index in [2.05, 4.69) is 31.5 Å². The number of amides is 3. The monoisotopic (exact) mass is 452 g/mol. The van der Waals surface area contributed by atoms with Crippen LogP contribution in [0.5, 0.6) is 0 Å². The van der Waals surface area contributed by atoms with Crippen molar-refractivity contribution in [2.75, 3.05) is 40.3 Å². The molecule has 1 atom stereocenters. The molecular formula is C20H29BrN4O3. The molecule has 1 aliphatic heterocycles. The normalized spacial score (nSPS) is 16.6. The molecule has 0 bridgehead atoms. The predicted octanol–water partition coefficient (Wildman–Crippen LogP) is 1.63. The molecule has 2 N–H and O–H groups in total. The molecule has 28 heavy (non-hydrogen) atoms. The lowest BCUT2D eigenvalue weighted by Gasteiger charge is -2.26. The molecule has 0 aromatic heterocycles. The zero-order chi connectivity index (χ0) is 20.5. The summed E-state index contributed by atoms with van der Waals surface area (Å²) in [6.07, 6.45) is 2.98. The third-order valence-electron chi connectivity index (χ3n) is 4.78. The van der Waals surface area contributed by atoms with Crippen LogP contribution in [-0.4, -0.2) is 73.8 Å². The molecule has 1 aliphatic rings.